The lowest BCUT2D eigenvalue weighted by molar-refractivity contribution is 0.263. The number of benzene rings is 1. The summed E-state index contributed by atoms with van der Waals surface area (Å²) in [4.78, 5) is 1.98. The molecule has 4 heteroatoms. The number of hydrogen-bond acceptors (Lipinski definition) is 3. The molecule has 3 nitrogen and oxygen atoms in total. The van der Waals surface area contributed by atoms with Crippen molar-refractivity contribution in [3.63, 3.8) is 0 Å². The summed E-state index contributed by atoms with van der Waals surface area (Å²) in [7, 11) is 5.73. The van der Waals surface area contributed by atoms with E-state index < -0.39 is 0 Å². The van der Waals surface area contributed by atoms with Crippen LogP contribution in [0.25, 0.3) is 0 Å². The van der Waals surface area contributed by atoms with Crippen LogP contribution < -0.4 is 10.1 Å². The number of halogens is 1. The van der Waals surface area contributed by atoms with Crippen molar-refractivity contribution < 1.29 is 9.13 Å². The molecule has 0 aromatic heterocycles. The molecule has 0 saturated carbocycles. The molecule has 16 heavy (non-hydrogen) atoms. The first-order chi connectivity index (χ1) is 7.60. The monoisotopic (exact) mass is 226 g/mol. The molecular weight excluding hydrogens is 207 g/mol. The average molecular weight is 226 g/mol. The van der Waals surface area contributed by atoms with E-state index in [9.17, 15) is 4.39 Å². The van der Waals surface area contributed by atoms with Gasteiger partial charge in [-0.3, -0.25) is 4.90 Å². The molecule has 0 heterocycles. The van der Waals surface area contributed by atoms with E-state index in [4.69, 9.17) is 4.74 Å². The fraction of sp³-hybridized carbons (Fsp3) is 0.500. The van der Waals surface area contributed by atoms with Gasteiger partial charge in [0.15, 0.2) is 11.6 Å². The van der Waals surface area contributed by atoms with E-state index in [1.165, 1.54) is 6.07 Å². The van der Waals surface area contributed by atoms with E-state index >= 15 is 0 Å². The smallest absolute Gasteiger partial charge is 0.165 e. The maximum absolute atomic E-state index is 13.6. The first-order valence-electron chi connectivity index (χ1n) is 5.36. The van der Waals surface area contributed by atoms with Crippen molar-refractivity contribution in [2.75, 3.05) is 27.7 Å². The lowest BCUT2D eigenvalue weighted by Gasteiger charge is -2.24. The van der Waals surface area contributed by atoms with Crippen LogP contribution in [-0.2, 0) is 0 Å². The van der Waals surface area contributed by atoms with Crippen LogP contribution in [0.3, 0.4) is 0 Å². The van der Waals surface area contributed by atoms with Gasteiger partial charge in [-0.2, -0.15) is 0 Å². The highest BCUT2D eigenvalue weighted by Gasteiger charge is 2.13. The van der Waals surface area contributed by atoms with E-state index in [1.54, 1.807) is 6.07 Å². The van der Waals surface area contributed by atoms with Crippen molar-refractivity contribution in [3.8, 4) is 5.75 Å². The summed E-state index contributed by atoms with van der Waals surface area (Å²) in [6, 6.07) is 5.05. The first kappa shape index (κ1) is 12.9. The molecule has 0 saturated heterocycles. The van der Waals surface area contributed by atoms with Gasteiger partial charge in [-0.15, -0.1) is 0 Å². The van der Waals surface area contributed by atoms with Crippen LogP contribution in [0.5, 0.6) is 5.75 Å². The van der Waals surface area contributed by atoms with Crippen LogP contribution in [0.2, 0.25) is 0 Å². The van der Waals surface area contributed by atoms with Gasteiger partial charge in [0, 0.05) is 0 Å². The molecule has 1 aromatic rings. The third-order valence-corrected chi connectivity index (χ3v) is 2.36. The van der Waals surface area contributed by atoms with Crippen LogP contribution in [0, 0.1) is 5.82 Å². The average Bonchev–Trinajstić information content (AvgIpc) is 2.22. The lowest BCUT2D eigenvalue weighted by Crippen LogP contribution is -2.30. The lowest BCUT2D eigenvalue weighted by atomic mass is 10.1. The Hall–Kier alpha value is -1.13. The predicted molar refractivity (Wildman–Crippen MR) is 63.1 cm³/mol. The Morgan fingerprint density at radius 3 is 2.56 bits per heavy atom. The van der Waals surface area contributed by atoms with E-state index in [2.05, 4.69) is 5.32 Å². The van der Waals surface area contributed by atoms with E-state index in [0.717, 1.165) is 5.56 Å². The number of hydrogen-bond donors (Lipinski definition) is 1. The highest BCUT2D eigenvalue weighted by molar-refractivity contribution is 5.30. The Morgan fingerprint density at radius 2 is 2.12 bits per heavy atom. The second kappa shape index (κ2) is 5.82. The van der Waals surface area contributed by atoms with Crippen molar-refractivity contribution in [1.82, 2.24) is 10.2 Å². The Labute approximate surface area is 96.2 Å². The summed E-state index contributed by atoms with van der Waals surface area (Å²) in [6.45, 7) is 2.31. The van der Waals surface area contributed by atoms with Crippen LogP contribution in [0.15, 0.2) is 18.2 Å². The second-order valence-electron chi connectivity index (χ2n) is 3.78. The van der Waals surface area contributed by atoms with Crippen molar-refractivity contribution in [1.29, 1.82) is 0 Å². The molecule has 1 N–H and O–H groups in total. The van der Waals surface area contributed by atoms with Gasteiger partial charge >= 0.3 is 0 Å². The molecule has 0 bridgehead atoms. The fourth-order valence-electron chi connectivity index (χ4n) is 1.68. The molecule has 1 atom stereocenters. The van der Waals surface area contributed by atoms with Crippen LogP contribution in [0.1, 0.15) is 18.7 Å². The molecule has 0 aliphatic rings. The Kier molecular flexibility index (Phi) is 4.71. The predicted octanol–water partition coefficient (Wildman–Crippen LogP) is 2.00. The highest BCUT2D eigenvalue weighted by Crippen LogP contribution is 2.22. The summed E-state index contributed by atoms with van der Waals surface area (Å²) in [5.41, 5.74) is 0.883. The minimum Gasteiger partial charge on any atom is -0.491 e. The maximum atomic E-state index is 13.6. The summed E-state index contributed by atoms with van der Waals surface area (Å²) in [5.74, 6) is -0.0127. The standard InChI is InChI=1S/C12H19FN2O/c1-5-16-11-7-6-9(8-10(11)13)12(14-2)15(3)4/h6-8,12,14H,5H2,1-4H3. The molecule has 0 spiro atoms. The summed E-state index contributed by atoms with van der Waals surface area (Å²) < 4.78 is 18.8. The van der Waals surface area contributed by atoms with Gasteiger partial charge in [0.1, 0.15) is 0 Å². The molecule has 1 aromatic carbocycles. The zero-order chi connectivity index (χ0) is 12.1. The van der Waals surface area contributed by atoms with Crippen LogP contribution >= 0.6 is 0 Å². The zero-order valence-corrected chi connectivity index (χ0v) is 10.2. The van der Waals surface area contributed by atoms with Gasteiger partial charge in [0.25, 0.3) is 0 Å². The molecular formula is C12H19FN2O. The van der Waals surface area contributed by atoms with Gasteiger partial charge < -0.3 is 10.1 Å². The fourth-order valence-corrected chi connectivity index (χ4v) is 1.68. The molecule has 0 fully saturated rings. The Bertz CT molecular complexity index is 342. The van der Waals surface area contributed by atoms with Crippen LogP contribution in [-0.4, -0.2) is 32.6 Å². The quantitative estimate of drug-likeness (QED) is 0.777. The van der Waals surface area contributed by atoms with Crippen molar-refractivity contribution in [3.05, 3.63) is 29.6 Å². The van der Waals surface area contributed by atoms with Crippen molar-refractivity contribution >= 4 is 0 Å². The molecule has 90 valence electrons. The van der Waals surface area contributed by atoms with Gasteiger partial charge in [0.05, 0.1) is 12.8 Å². The summed E-state index contributed by atoms with van der Waals surface area (Å²) in [6.07, 6.45) is 0.00479. The third-order valence-electron chi connectivity index (χ3n) is 2.36. The van der Waals surface area contributed by atoms with Gasteiger partial charge in [0.2, 0.25) is 0 Å². The molecule has 0 radical (unpaired) electrons. The molecule has 0 amide bonds. The minimum atomic E-state index is -0.318. The van der Waals surface area contributed by atoms with E-state index in [0.29, 0.717) is 12.4 Å². The number of ether oxygens (including phenoxy) is 1. The highest BCUT2D eigenvalue weighted by atomic mass is 19.1. The number of rotatable bonds is 5. The largest absolute Gasteiger partial charge is 0.491 e. The Balaban J connectivity index is 2.95. The Morgan fingerprint density at radius 1 is 1.44 bits per heavy atom. The van der Waals surface area contributed by atoms with Crippen LogP contribution in [0.4, 0.5) is 4.39 Å². The summed E-state index contributed by atoms with van der Waals surface area (Å²) >= 11 is 0. The maximum Gasteiger partial charge on any atom is 0.165 e. The zero-order valence-electron chi connectivity index (χ0n) is 10.2. The second-order valence-corrected chi connectivity index (χ2v) is 3.78. The normalized spacial score (nSPS) is 12.9. The van der Waals surface area contributed by atoms with Gasteiger partial charge in [-0.1, -0.05) is 6.07 Å². The van der Waals surface area contributed by atoms with E-state index in [-0.39, 0.29) is 12.0 Å². The van der Waals surface area contributed by atoms with Gasteiger partial charge in [-0.25, -0.2) is 4.39 Å². The SMILES string of the molecule is CCOc1ccc(C(NC)N(C)C)cc1F. The third kappa shape index (κ3) is 2.93. The number of nitrogens with zero attached hydrogens (tertiary/aromatic N) is 1. The van der Waals surface area contributed by atoms with E-state index in [1.807, 2.05) is 39.0 Å². The van der Waals surface area contributed by atoms with Gasteiger partial charge in [-0.05, 0) is 45.8 Å². The van der Waals surface area contributed by atoms with Crippen molar-refractivity contribution in [2.24, 2.45) is 0 Å². The first-order valence-corrected chi connectivity index (χ1v) is 5.36. The molecule has 0 aliphatic carbocycles. The topological polar surface area (TPSA) is 24.5 Å². The molecule has 1 unspecified atom stereocenters. The minimum absolute atomic E-state index is 0.00479. The van der Waals surface area contributed by atoms with Crippen molar-refractivity contribution in [2.45, 2.75) is 13.1 Å². The molecule has 0 aliphatic heterocycles. The number of nitrogens with one attached hydrogen (secondary N) is 1. The molecule has 1 rings (SSSR count). The summed E-state index contributed by atoms with van der Waals surface area (Å²) in [5, 5.41) is 3.11.